The first-order valence-corrected chi connectivity index (χ1v) is 5.49. The van der Waals surface area contributed by atoms with E-state index in [0.29, 0.717) is 0 Å². The van der Waals surface area contributed by atoms with Gasteiger partial charge in [0.25, 0.3) is 0 Å². The predicted octanol–water partition coefficient (Wildman–Crippen LogP) is -3.42. The maximum absolute atomic E-state index is 9.34. The molecule has 0 aromatic rings. The fraction of sp³-hybridized carbons (Fsp3) is 0.727. The molecular formula is C11H21KN2O3. The Labute approximate surface area is 146 Å². The molecule has 1 unspecified atom stereocenters. The molecule has 1 aliphatic rings. The van der Waals surface area contributed by atoms with E-state index in [0.717, 1.165) is 13.6 Å². The van der Waals surface area contributed by atoms with Gasteiger partial charge < -0.3 is 24.8 Å². The van der Waals surface area contributed by atoms with Crippen LogP contribution in [0.2, 0.25) is 0 Å². The van der Waals surface area contributed by atoms with E-state index in [-0.39, 0.29) is 51.4 Å². The molecule has 0 amide bonds. The van der Waals surface area contributed by atoms with Crippen molar-refractivity contribution in [2.45, 2.75) is 32.8 Å². The smallest absolute Gasteiger partial charge is 0.547 e. The molecule has 0 aliphatic carbocycles. The summed E-state index contributed by atoms with van der Waals surface area (Å²) in [7, 11) is 2.10. The maximum Gasteiger partial charge on any atom is 1.00 e. The van der Waals surface area contributed by atoms with E-state index in [1.807, 2.05) is 0 Å². The molecule has 0 bridgehead atoms. The Morgan fingerprint density at radius 3 is 2.35 bits per heavy atom. The van der Waals surface area contributed by atoms with Gasteiger partial charge in [-0.3, -0.25) is 0 Å². The first-order valence-electron chi connectivity index (χ1n) is 5.49. The van der Waals surface area contributed by atoms with E-state index in [1.54, 1.807) is 0 Å². The molecule has 5 nitrogen and oxygen atoms in total. The van der Waals surface area contributed by atoms with Crippen molar-refractivity contribution in [2.75, 3.05) is 20.3 Å². The van der Waals surface area contributed by atoms with Crippen LogP contribution in [0, 0.1) is 0 Å². The SMILES string of the molecule is CC(O)C(=O)[O-].CCCCN1C=CN(C)C1.[K+]. The van der Waals surface area contributed by atoms with E-state index in [4.69, 9.17) is 5.11 Å². The Kier molecular flexibility index (Phi) is 13.3. The van der Waals surface area contributed by atoms with Crippen LogP contribution in [0.5, 0.6) is 0 Å². The molecule has 0 aromatic heterocycles. The summed E-state index contributed by atoms with van der Waals surface area (Å²) >= 11 is 0. The molecule has 0 fully saturated rings. The van der Waals surface area contributed by atoms with Gasteiger partial charge >= 0.3 is 51.4 Å². The molecule has 0 saturated carbocycles. The average Bonchev–Trinajstić information content (AvgIpc) is 2.62. The summed E-state index contributed by atoms with van der Waals surface area (Å²) in [6.45, 7) is 5.64. The van der Waals surface area contributed by atoms with Crippen molar-refractivity contribution in [3.05, 3.63) is 12.4 Å². The van der Waals surface area contributed by atoms with Crippen LogP contribution < -0.4 is 56.5 Å². The molecule has 0 spiro atoms. The minimum atomic E-state index is -1.44. The molecule has 6 heteroatoms. The monoisotopic (exact) mass is 268 g/mol. The van der Waals surface area contributed by atoms with Gasteiger partial charge in [-0.05, 0) is 13.3 Å². The fourth-order valence-corrected chi connectivity index (χ4v) is 1.10. The van der Waals surface area contributed by atoms with Crippen molar-refractivity contribution >= 4 is 5.97 Å². The minimum Gasteiger partial charge on any atom is -0.547 e. The summed E-state index contributed by atoms with van der Waals surface area (Å²) in [5.41, 5.74) is 0. The van der Waals surface area contributed by atoms with Crippen molar-refractivity contribution in [2.24, 2.45) is 0 Å². The molecule has 0 radical (unpaired) electrons. The van der Waals surface area contributed by atoms with E-state index in [9.17, 15) is 9.90 Å². The summed E-state index contributed by atoms with van der Waals surface area (Å²) in [5.74, 6) is -1.44. The van der Waals surface area contributed by atoms with Gasteiger partial charge in [0.1, 0.15) is 0 Å². The summed E-state index contributed by atoms with van der Waals surface area (Å²) in [5, 5.41) is 17.3. The Morgan fingerprint density at radius 2 is 2.06 bits per heavy atom. The van der Waals surface area contributed by atoms with Crippen LogP contribution in [0.3, 0.4) is 0 Å². The number of aliphatic hydroxyl groups excluding tert-OH is 1. The molecule has 1 N–H and O–H groups in total. The van der Waals surface area contributed by atoms with Crippen LogP contribution in [0.25, 0.3) is 0 Å². The zero-order valence-electron chi connectivity index (χ0n) is 11.2. The second-order valence-corrected chi connectivity index (χ2v) is 3.86. The zero-order valence-corrected chi connectivity index (χ0v) is 14.3. The van der Waals surface area contributed by atoms with Crippen LogP contribution in [0.15, 0.2) is 12.4 Å². The molecule has 1 heterocycles. The van der Waals surface area contributed by atoms with Gasteiger partial charge in [0, 0.05) is 26.0 Å². The van der Waals surface area contributed by atoms with Crippen LogP contribution in [-0.4, -0.2) is 47.2 Å². The van der Waals surface area contributed by atoms with E-state index in [1.165, 1.54) is 19.4 Å². The van der Waals surface area contributed by atoms with Crippen molar-refractivity contribution in [1.29, 1.82) is 0 Å². The number of rotatable bonds is 4. The van der Waals surface area contributed by atoms with Crippen molar-refractivity contribution < 1.29 is 66.4 Å². The number of carboxylic acid groups (broad SMARTS) is 1. The number of aliphatic carboxylic acids is 1. The summed E-state index contributed by atoms with van der Waals surface area (Å²) in [6, 6.07) is 0. The minimum absolute atomic E-state index is 0. The van der Waals surface area contributed by atoms with Gasteiger partial charge in [-0.1, -0.05) is 13.3 Å². The van der Waals surface area contributed by atoms with Crippen LogP contribution in [0.4, 0.5) is 0 Å². The third kappa shape index (κ3) is 11.2. The van der Waals surface area contributed by atoms with E-state index in [2.05, 4.69) is 36.2 Å². The largest absolute Gasteiger partial charge is 1.00 e. The first kappa shape index (κ1) is 19.7. The van der Waals surface area contributed by atoms with E-state index < -0.39 is 12.1 Å². The summed E-state index contributed by atoms with van der Waals surface area (Å²) < 4.78 is 0. The van der Waals surface area contributed by atoms with Crippen molar-refractivity contribution in [3.63, 3.8) is 0 Å². The van der Waals surface area contributed by atoms with Crippen molar-refractivity contribution in [1.82, 2.24) is 9.80 Å². The molecular weight excluding hydrogens is 247 g/mol. The number of carbonyl (C=O) groups is 1. The van der Waals surface area contributed by atoms with Crippen LogP contribution in [0.1, 0.15) is 26.7 Å². The Balaban J connectivity index is 0. The fourth-order valence-electron chi connectivity index (χ4n) is 1.10. The van der Waals surface area contributed by atoms with Crippen molar-refractivity contribution in [3.8, 4) is 0 Å². The number of hydrogen-bond donors (Lipinski definition) is 1. The van der Waals surface area contributed by atoms with Gasteiger partial charge in [0.15, 0.2) is 0 Å². The number of carbonyl (C=O) groups excluding carboxylic acids is 1. The standard InChI is InChI=1S/C8H16N2.C3H6O3.K/c1-3-4-5-10-7-6-9(2)8-10;1-2(4)3(5)6;/h6-7H,3-5,8H2,1-2H3;2,4H,1H3,(H,5,6);/q;;+1/p-1. The van der Waals surface area contributed by atoms with Gasteiger partial charge in [0.05, 0.1) is 18.7 Å². The molecule has 1 rings (SSSR count). The topological polar surface area (TPSA) is 66.8 Å². The van der Waals surface area contributed by atoms with Crippen LogP contribution in [-0.2, 0) is 4.79 Å². The number of hydrogen-bond acceptors (Lipinski definition) is 5. The molecule has 0 saturated heterocycles. The first-order chi connectivity index (χ1) is 7.47. The summed E-state index contributed by atoms with van der Waals surface area (Å²) in [6.07, 6.45) is 5.53. The molecule has 17 heavy (non-hydrogen) atoms. The second-order valence-electron chi connectivity index (χ2n) is 3.86. The third-order valence-electron chi connectivity index (χ3n) is 2.08. The summed E-state index contributed by atoms with van der Waals surface area (Å²) in [4.78, 5) is 13.9. The van der Waals surface area contributed by atoms with E-state index >= 15 is 0 Å². The molecule has 1 aliphatic heterocycles. The normalized spacial score (nSPS) is 14.8. The van der Waals surface area contributed by atoms with Gasteiger partial charge in [-0.15, -0.1) is 0 Å². The Bertz CT molecular complexity index is 235. The van der Waals surface area contributed by atoms with Gasteiger partial charge in [0.2, 0.25) is 0 Å². The van der Waals surface area contributed by atoms with Gasteiger partial charge in [-0.25, -0.2) is 0 Å². The Hall–Kier alpha value is 0.406. The second kappa shape index (κ2) is 11.5. The maximum atomic E-state index is 9.34. The molecule has 94 valence electrons. The number of nitrogens with zero attached hydrogens (tertiary/aromatic N) is 2. The van der Waals surface area contributed by atoms with Crippen LogP contribution >= 0.6 is 0 Å². The van der Waals surface area contributed by atoms with Gasteiger partial charge in [-0.2, -0.15) is 0 Å². The molecule has 0 aromatic carbocycles. The average molecular weight is 268 g/mol. The third-order valence-corrected chi connectivity index (χ3v) is 2.08. The Morgan fingerprint density at radius 1 is 1.53 bits per heavy atom. The molecule has 1 atom stereocenters. The quantitative estimate of drug-likeness (QED) is 0.538. The predicted molar refractivity (Wildman–Crippen MR) is 60.1 cm³/mol. The number of unbranched alkanes of at least 4 members (excludes halogenated alkanes) is 1. The zero-order chi connectivity index (χ0) is 12.6. The number of carboxylic acids is 1. The number of aliphatic hydroxyl groups is 1.